The standard InChI is InChI=1S/C16H18Cl2N2O2/c17-14-12(2-1-3-19-14)15(21)20(18)13-10-4-9-5-11(13)8-16(22,6-9)7-10/h1-3,9-11,13,22H,4-8H2. The van der Waals surface area contributed by atoms with E-state index >= 15 is 0 Å². The molecule has 0 radical (unpaired) electrons. The first-order valence-corrected chi connectivity index (χ1v) is 8.51. The third kappa shape index (κ3) is 2.24. The zero-order valence-electron chi connectivity index (χ0n) is 12.1. The first-order valence-electron chi connectivity index (χ1n) is 7.79. The number of amides is 1. The van der Waals surface area contributed by atoms with Crippen LogP contribution in [-0.2, 0) is 0 Å². The monoisotopic (exact) mass is 340 g/mol. The zero-order valence-corrected chi connectivity index (χ0v) is 13.6. The predicted octanol–water partition coefficient (Wildman–Crippen LogP) is 3.27. The van der Waals surface area contributed by atoms with Gasteiger partial charge in [-0.25, -0.2) is 9.40 Å². The summed E-state index contributed by atoms with van der Waals surface area (Å²) in [4.78, 5) is 16.6. The number of nitrogens with zero attached hydrogens (tertiary/aromatic N) is 2. The molecule has 4 aliphatic rings. The molecule has 0 saturated heterocycles. The van der Waals surface area contributed by atoms with Crippen LogP contribution in [-0.4, -0.2) is 32.1 Å². The molecule has 118 valence electrons. The van der Waals surface area contributed by atoms with E-state index in [0.29, 0.717) is 11.5 Å². The molecular formula is C16H18Cl2N2O2. The van der Waals surface area contributed by atoms with Crippen LogP contribution in [0.15, 0.2) is 18.3 Å². The lowest BCUT2D eigenvalue weighted by Gasteiger charge is -2.59. The summed E-state index contributed by atoms with van der Waals surface area (Å²) in [5, 5.41) is 10.8. The maximum absolute atomic E-state index is 12.7. The molecule has 1 aromatic heterocycles. The molecule has 2 unspecified atom stereocenters. The van der Waals surface area contributed by atoms with E-state index in [4.69, 9.17) is 23.4 Å². The molecule has 4 saturated carbocycles. The first-order chi connectivity index (χ1) is 10.5. The minimum atomic E-state index is -0.528. The van der Waals surface area contributed by atoms with Crippen molar-refractivity contribution in [2.45, 2.75) is 43.7 Å². The molecule has 4 aliphatic carbocycles. The van der Waals surface area contributed by atoms with E-state index in [1.807, 2.05) is 0 Å². The van der Waals surface area contributed by atoms with E-state index in [9.17, 15) is 9.90 Å². The molecule has 0 spiro atoms. The Balaban J connectivity index is 1.60. The predicted molar refractivity (Wildman–Crippen MR) is 83.6 cm³/mol. The first kappa shape index (κ1) is 14.7. The number of aromatic nitrogens is 1. The maximum Gasteiger partial charge on any atom is 0.271 e. The molecule has 1 amide bonds. The van der Waals surface area contributed by atoms with Crippen LogP contribution < -0.4 is 0 Å². The number of aliphatic hydroxyl groups is 1. The van der Waals surface area contributed by atoms with Crippen LogP contribution in [0.4, 0.5) is 0 Å². The van der Waals surface area contributed by atoms with Crippen LogP contribution >= 0.6 is 23.4 Å². The number of hydrogen-bond donors (Lipinski definition) is 1. The highest BCUT2D eigenvalue weighted by Crippen LogP contribution is 2.57. The van der Waals surface area contributed by atoms with Gasteiger partial charge in [-0.3, -0.25) is 4.79 Å². The molecule has 0 aromatic carbocycles. The molecule has 22 heavy (non-hydrogen) atoms. The lowest BCUT2D eigenvalue weighted by Crippen LogP contribution is -2.60. The largest absolute Gasteiger partial charge is 0.390 e. The molecule has 0 aliphatic heterocycles. The number of carbonyl (C=O) groups is 1. The third-order valence-electron chi connectivity index (χ3n) is 5.64. The summed E-state index contributed by atoms with van der Waals surface area (Å²) in [7, 11) is 0. The second-order valence-corrected chi connectivity index (χ2v) is 7.87. The SMILES string of the molecule is O=C(c1cccnc1Cl)N(Cl)C1C2CC3CC1CC(O)(C3)C2. The van der Waals surface area contributed by atoms with Gasteiger partial charge < -0.3 is 5.11 Å². The van der Waals surface area contributed by atoms with Gasteiger partial charge in [-0.1, -0.05) is 11.6 Å². The molecular weight excluding hydrogens is 323 g/mol. The van der Waals surface area contributed by atoms with Crippen LogP contribution in [0.3, 0.4) is 0 Å². The fourth-order valence-electron chi connectivity index (χ4n) is 5.12. The van der Waals surface area contributed by atoms with Crippen molar-refractivity contribution >= 4 is 29.3 Å². The number of carbonyl (C=O) groups excluding carboxylic acids is 1. The Morgan fingerprint density at radius 3 is 2.59 bits per heavy atom. The van der Waals surface area contributed by atoms with Gasteiger partial charge in [0.1, 0.15) is 5.15 Å². The van der Waals surface area contributed by atoms with Crippen LogP contribution in [0, 0.1) is 17.8 Å². The van der Waals surface area contributed by atoms with Crippen LogP contribution in [0.5, 0.6) is 0 Å². The van der Waals surface area contributed by atoms with Gasteiger partial charge in [-0.2, -0.15) is 0 Å². The molecule has 1 heterocycles. The summed E-state index contributed by atoms with van der Waals surface area (Å²) in [6, 6.07) is 3.32. The minimum absolute atomic E-state index is 0.0118. The number of pyridine rings is 1. The second kappa shape index (κ2) is 5.08. The van der Waals surface area contributed by atoms with Crippen molar-refractivity contribution in [2.24, 2.45) is 17.8 Å². The smallest absolute Gasteiger partial charge is 0.271 e. The lowest BCUT2D eigenvalue weighted by atomic mass is 9.52. The number of rotatable bonds is 2. The number of halogens is 2. The molecule has 1 N–H and O–H groups in total. The Morgan fingerprint density at radius 2 is 2.00 bits per heavy atom. The van der Waals surface area contributed by atoms with Crippen molar-refractivity contribution in [3.8, 4) is 0 Å². The van der Waals surface area contributed by atoms with Crippen LogP contribution in [0.1, 0.15) is 42.5 Å². The Labute approximate surface area is 139 Å². The summed E-state index contributed by atoms with van der Waals surface area (Å²) < 4.78 is 1.33. The van der Waals surface area contributed by atoms with Gasteiger partial charge in [-0.15, -0.1) is 0 Å². The fourth-order valence-corrected chi connectivity index (χ4v) is 5.73. The van der Waals surface area contributed by atoms with Gasteiger partial charge in [0.05, 0.1) is 17.2 Å². The molecule has 4 fully saturated rings. The van der Waals surface area contributed by atoms with Crippen LogP contribution in [0.25, 0.3) is 0 Å². The van der Waals surface area contributed by atoms with Crippen molar-refractivity contribution in [1.29, 1.82) is 0 Å². The molecule has 5 rings (SSSR count). The minimum Gasteiger partial charge on any atom is -0.390 e. The summed E-state index contributed by atoms with van der Waals surface area (Å²) in [5.74, 6) is 0.867. The van der Waals surface area contributed by atoms with Gasteiger partial charge in [0, 0.05) is 18.0 Å². The zero-order chi connectivity index (χ0) is 15.5. The van der Waals surface area contributed by atoms with Crippen molar-refractivity contribution < 1.29 is 9.90 Å². The Hall–Kier alpha value is -0.840. The molecule has 6 heteroatoms. The van der Waals surface area contributed by atoms with Crippen LogP contribution in [0.2, 0.25) is 5.15 Å². The van der Waals surface area contributed by atoms with E-state index < -0.39 is 5.60 Å². The summed E-state index contributed by atoms with van der Waals surface area (Å²) in [6.45, 7) is 0. The molecule has 1 aromatic rings. The highest BCUT2D eigenvalue weighted by Gasteiger charge is 2.56. The van der Waals surface area contributed by atoms with E-state index in [0.717, 1.165) is 32.1 Å². The maximum atomic E-state index is 12.7. The number of hydrogen-bond acceptors (Lipinski definition) is 3. The fraction of sp³-hybridized carbons (Fsp3) is 0.625. The van der Waals surface area contributed by atoms with E-state index in [-0.39, 0.29) is 28.9 Å². The average Bonchev–Trinajstić information content (AvgIpc) is 2.44. The normalized spacial score (nSPS) is 39.0. The van der Waals surface area contributed by atoms with E-state index in [2.05, 4.69) is 4.98 Å². The lowest BCUT2D eigenvalue weighted by molar-refractivity contribution is -0.146. The second-order valence-electron chi connectivity index (χ2n) is 7.14. The van der Waals surface area contributed by atoms with Gasteiger partial charge in [0.15, 0.2) is 0 Å². The van der Waals surface area contributed by atoms with E-state index in [1.54, 1.807) is 18.3 Å². The molecule has 4 bridgehead atoms. The van der Waals surface area contributed by atoms with Gasteiger partial charge in [0.2, 0.25) is 0 Å². The quantitative estimate of drug-likeness (QED) is 0.664. The van der Waals surface area contributed by atoms with Crippen molar-refractivity contribution in [3.63, 3.8) is 0 Å². The van der Waals surface area contributed by atoms with Crippen molar-refractivity contribution in [3.05, 3.63) is 29.0 Å². The summed E-state index contributed by atoms with van der Waals surface area (Å²) in [5.41, 5.74) is -0.189. The van der Waals surface area contributed by atoms with Crippen molar-refractivity contribution in [1.82, 2.24) is 9.40 Å². The Bertz CT molecular complexity index is 608. The van der Waals surface area contributed by atoms with Gasteiger partial charge in [-0.05, 0) is 62.0 Å². The topological polar surface area (TPSA) is 53.4 Å². The Kier molecular flexibility index (Phi) is 3.40. The average molecular weight is 341 g/mol. The molecule has 2 atom stereocenters. The van der Waals surface area contributed by atoms with E-state index in [1.165, 1.54) is 4.42 Å². The van der Waals surface area contributed by atoms with Crippen molar-refractivity contribution in [2.75, 3.05) is 0 Å². The van der Waals surface area contributed by atoms with Gasteiger partial charge >= 0.3 is 0 Å². The van der Waals surface area contributed by atoms with Gasteiger partial charge in [0.25, 0.3) is 5.91 Å². The summed E-state index contributed by atoms with van der Waals surface area (Å²) in [6.07, 6.45) is 6.08. The highest BCUT2D eigenvalue weighted by atomic mass is 35.5. The highest BCUT2D eigenvalue weighted by molar-refractivity contribution is 6.34. The summed E-state index contributed by atoms with van der Waals surface area (Å²) >= 11 is 12.5. The Morgan fingerprint density at radius 1 is 1.32 bits per heavy atom. The third-order valence-corrected chi connectivity index (χ3v) is 6.32. The molecule has 4 nitrogen and oxygen atoms in total.